The van der Waals surface area contributed by atoms with Crippen molar-refractivity contribution in [1.29, 1.82) is 0 Å². The molecule has 1 N–H and O–H groups in total. The Labute approximate surface area is 232 Å². The number of halogens is 6. The molecule has 41 heavy (non-hydrogen) atoms. The molecule has 222 valence electrons. The lowest BCUT2D eigenvalue weighted by molar-refractivity contribution is -0.192. The minimum Gasteiger partial charge on any atom is -0.475 e. The number of hydrogen-bond acceptors (Lipinski definition) is 7. The van der Waals surface area contributed by atoms with Gasteiger partial charge < -0.3 is 10.0 Å². The van der Waals surface area contributed by atoms with Crippen molar-refractivity contribution < 1.29 is 44.7 Å². The molecule has 3 heterocycles. The number of rotatable bonds is 7. The minimum atomic E-state index is -5.08. The Balaban J connectivity index is 0.000000587. The molecule has 3 aromatic rings. The van der Waals surface area contributed by atoms with Gasteiger partial charge in [-0.25, -0.2) is 32.0 Å². The second-order valence-corrected chi connectivity index (χ2v) is 11.2. The maximum Gasteiger partial charge on any atom is 0.490 e. The number of likely N-dealkylation sites (N-methyl/N-ethyl adjacent to an activating group) is 1. The maximum absolute atomic E-state index is 15.2. The van der Waals surface area contributed by atoms with Crippen LogP contribution < -0.4 is 4.90 Å². The molecule has 4 rings (SSSR count). The van der Waals surface area contributed by atoms with Gasteiger partial charge in [-0.1, -0.05) is 24.3 Å². The molecule has 0 amide bonds. The minimum absolute atomic E-state index is 0.0269. The van der Waals surface area contributed by atoms with Crippen molar-refractivity contribution in [1.82, 2.24) is 14.9 Å². The van der Waals surface area contributed by atoms with E-state index < -0.39 is 44.5 Å². The van der Waals surface area contributed by atoms with E-state index in [1.165, 1.54) is 31.3 Å². The second-order valence-electron chi connectivity index (χ2n) is 9.28. The van der Waals surface area contributed by atoms with Crippen molar-refractivity contribution in [2.75, 3.05) is 25.0 Å². The van der Waals surface area contributed by atoms with Gasteiger partial charge in [0, 0.05) is 43.9 Å². The summed E-state index contributed by atoms with van der Waals surface area (Å²) in [5.74, 6) is -5.40. The molecule has 0 spiro atoms. The quantitative estimate of drug-likeness (QED) is 0.310. The van der Waals surface area contributed by atoms with E-state index in [2.05, 4.69) is 14.9 Å². The highest BCUT2D eigenvalue weighted by atomic mass is 32.2. The van der Waals surface area contributed by atoms with Crippen LogP contribution >= 0.6 is 0 Å². The standard InChI is InChI=1S/C24H25F3N4O2S.C2HF3O2/c1-16-21(30(2)19-10-11-31(14-19)13-17-6-3-4-8-20(17)25)12-28-24(23(16)27)34(32,33)15-18-7-5-9-22(26)29-18;3-2(4,5)1(6)7/h3-9,12,19H,10-11,13-15H2,1-2H3;(H,6,7)/t19-;/m0./s1. The summed E-state index contributed by atoms with van der Waals surface area (Å²) in [5.41, 5.74) is 1.24. The van der Waals surface area contributed by atoms with Crippen LogP contribution in [0.2, 0.25) is 0 Å². The number of anilines is 1. The van der Waals surface area contributed by atoms with E-state index in [1.807, 2.05) is 11.9 Å². The monoisotopic (exact) mass is 604 g/mol. The van der Waals surface area contributed by atoms with Crippen LogP contribution in [-0.4, -0.2) is 66.7 Å². The Hall–Kier alpha value is -3.72. The zero-order valence-electron chi connectivity index (χ0n) is 21.9. The molecule has 8 nitrogen and oxygen atoms in total. The third-order valence-electron chi connectivity index (χ3n) is 6.38. The van der Waals surface area contributed by atoms with E-state index in [-0.39, 0.29) is 23.1 Å². The van der Waals surface area contributed by atoms with Crippen LogP contribution in [0.4, 0.5) is 32.0 Å². The van der Waals surface area contributed by atoms with Crippen molar-refractivity contribution in [3.63, 3.8) is 0 Å². The summed E-state index contributed by atoms with van der Waals surface area (Å²) in [6.07, 6.45) is -2.94. The fourth-order valence-electron chi connectivity index (χ4n) is 4.25. The average molecular weight is 605 g/mol. The number of carbonyl (C=O) groups is 1. The van der Waals surface area contributed by atoms with E-state index in [4.69, 9.17) is 9.90 Å². The average Bonchev–Trinajstić information content (AvgIpc) is 3.34. The molecule has 2 aromatic heterocycles. The first-order valence-electron chi connectivity index (χ1n) is 12.1. The number of sulfone groups is 1. The van der Waals surface area contributed by atoms with Gasteiger partial charge in [0.1, 0.15) is 5.82 Å². The van der Waals surface area contributed by atoms with E-state index in [1.54, 1.807) is 18.2 Å². The van der Waals surface area contributed by atoms with Crippen molar-refractivity contribution in [3.8, 4) is 0 Å². The van der Waals surface area contributed by atoms with Crippen molar-refractivity contribution in [2.24, 2.45) is 0 Å². The van der Waals surface area contributed by atoms with E-state index in [9.17, 15) is 30.4 Å². The van der Waals surface area contributed by atoms with Gasteiger partial charge >= 0.3 is 12.1 Å². The van der Waals surface area contributed by atoms with E-state index in [0.717, 1.165) is 19.0 Å². The molecule has 0 bridgehead atoms. The lowest BCUT2D eigenvalue weighted by Crippen LogP contribution is -2.35. The smallest absolute Gasteiger partial charge is 0.475 e. The number of pyridine rings is 2. The summed E-state index contributed by atoms with van der Waals surface area (Å²) < 4.78 is 99.7. The van der Waals surface area contributed by atoms with E-state index in [0.29, 0.717) is 24.3 Å². The Bertz CT molecular complexity index is 1500. The number of aliphatic carboxylic acids is 1. The van der Waals surface area contributed by atoms with Gasteiger partial charge in [0.25, 0.3) is 0 Å². The molecule has 1 aliphatic rings. The predicted molar refractivity (Wildman–Crippen MR) is 136 cm³/mol. The zero-order chi connectivity index (χ0) is 30.5. The molecule has 1 fully saturated rings. The Morgan fingerprint density at radius 2 is 1.78 bits per heavy atom. The van der Waals surface area contributed by atoms with E-state index >= 15 is 4.39 Å². The molecule has 1 saturated heterocycles. The van der Waals surface area contributed by atoms with Gasteiger partial charge in [-0.05, 0) is 31.5 Å². The van der Waals surface area contributed by atoms with Crippen molar-refractivity contribution in [2.45, 2.75) is 42.9 Å². The number of hydrogen-bond donors (Lipinski definition) is 1. The number of nitrogens with zero attached hydrogens (tertiary/aromatic N) is 4. The summed E-state index contributed by atoms with van der Waals surface area (Å²) in [6, 6.07) is 10.5. The van der Waals surface area contributed by atoms with Crippen molar-refractivity contribution in [3.05, 3.63) is 83.1 Å². The number of likely N-dealkylation sites (tertiary alicyclic amines) is 1. The molecule has 0 aliphatic carbocycles. The molecule has 1 atom stereocenters. The molecule has 0 unspecified atom stereocenters. The van der Waals surface area contributed by atoms with Crippen LogP contribution in [0.25, 0.3) is 0 Å². The Kier molecular flexibility index (Phi) is 9.97. The Morgan fingerprint density at radius 3 is 2.39 bits per heavy atom. The fraction of sp³-hybridized carbons (Fsp3) is 0.346. The normalized spacial score (nSPS) is 15.8. The highest BCUT2D eigenvalue weighted by Crippen LogP contribution is 2.30. The second kappa shape index (κ2) is 12.9. The topological polar surface area (TPSA) is 104 Å². The number of benzene rings is 1. The zero-order valence-corrected chi connectivity index (χ0v) is 22.7. The number of carboxylic acids is 1. The summed E-state index contributed by atoms with van der Waals surface area (Å²) >= 11 is 0. The van der Waals surface area contributed by atoms with Crippen LogP contribution in [0.15, 0.2) is 53.7 Å². The fourth-order valence-corrected chi connectivity index (χ4v) is 5.57. The van der Waals surface area contributed by atoms with Crippen LogP contribution in [0.5, 0.6) is 0 Å². The van der Waals surface area contributed by atoms with Gasteiger partial charge in [-0.2, -0.15) is 17.6 Å². The molecular formula is C26H26F6N4O4S. The predicted octanol–water partition coefficient (Wildman–Crippen LogP) is 4.52. The lowest BCUT2D eigenvalue weighted by atomic mass is 10.1. The molecule has 1 aromatic carbocycles. The van der Waals surface area contributed by atoms with Gasteiger partial charge in [-0.15, -0.1) is 0 Å². The van der Waals surface area contributed by atoms with Gasteiger partial charge in [-0.3, -0.25) is 4.90 Å². The molecular weight excluding hydrogens is 578 g/mol. The SMILES string of the molecule is Cc1c(N(C)[C@H]2CCN(Cc3ccccc3F)C2)cnc(S(=O)(=O)Cc2cccc(F)n2)c1F.O=C(O)C(F)(F)F. The van der Waals surface area contributed by atoms with Crippen LogP contribution in [0.3, 0.4) is 0 Å². The first kappa shape index (κ1) is 31.8. The van der Waals surface area contributed by atoms with Crippen LogP contribution in [-0.2, 0) is 26.9 Å². The first-order chi connectivity index (χ1) is 19.1. The number of aromatic nitrogens is 2. The third kappa shape index (κ3) is 8.16. The van der Waals surface area contributed by atoms with Gasteiger partial charge in [0.05, 0.1) is 23.3 Å². The largest absolute Gasteiger partial charge is 0.490 e. The summed E-state index contributed by atoms with van der Waals surface area (Å²) in [6.45, 7) is 3.39. The Morgan fingerprint density at radius 1 is 1.12 bits per heavy atom. The highest BCUT2D eigenvalue weighted by molar-refractivity contribution is 7.90. The summed E-state index contributed by atoms with van der Waals surface area (Å²) in [5, 5.41) is 6.45. The van der Waals surface area contributed by atoms with Crippen molar-refractivity contribution >= 4 is 21.5 Å². The molecule has 0 saturated carbocycles. The first-order valence-corrected chi connectivity index (χ1v) is 13.7. The summed E-state index contributed by atoms with van der Waals surface area (Å²) in [4.78, 5) is 20.4. The van der Waals surface area contributed by atoms with Gasteiger partial charge in [0.15, 0.2) is 10.8 Å². The highest BCUT2D eigenvalue weighted by Gasteiger charge is 2.38. The molecule has 1 aliphatic heterocycles. The summed E-state index contributed by atoms with van der Waals surface area (Å²) in [7, 11) is -2.36. The lowest BCUT2D eigenvalue weighted by Gasteiger charge is -2.28. The molecule has 0 radical (unpaired) electrons. The van der Waals surface area contributed by atoms with Crippen LogP contribution in [0, 0.1) is 24.5 Å². The third-order valence-corrected chi connectivity index (χ3v) is 7.93. The van der Waals surface area contributed by atoms with Gasteiger partial charge in [0.2, 0.25) is 15.8 Å². The number of carboxylic acid groups (broad SMARTS) is 1. The maximum atomic E-state index is 15.2. The number of alkyl halides is 3. The van der Waals surface area contributed by atoms with Crippen LogP contribution in [0.1, 0.15) is 23.2 Å². The molecule has 15 heteroatoms.